The Morgan fingerprint density at radius 3 is 2.68 bits per heavy atom. The third-order valence-corrected chi connectivity index (χ3v) is 2.81. The highest BCUT2D eigenvalue weighted by molar-refractivity contribution is 5.83. The molecule has 0 aliphatic heterocycles. The number of carbonyl (C=O) groups excluding carboxylic acids is 2. The number of rotatable bonds is 7. The molecule has 6 nitrogen and oxygen atoms in total. The van der Waals surface area contributed by atoms with Crippen molar-refractivity contribution < 1.29 is 19.5 Å². The summed E-state index contributed by atoms with van der Waals surface area (Å²) in [6, 6.07) is 2.48. The van der Waals surface area contributed by atoms with Gasteiger partial charge in [0.05, 0.1) is 5.69 Å². The van der Waals surface area contributed by atoms with Crippen molar-refractivity contribution in [2.24, 2.45) is 5.92 Å². The van der Waals surface area contributed by atoms with Crippen molar-refractivity contribution in [3.05, 3.63) is 24.0 Å². The number of carbonyl (C=O) groups is 3. The molecule has 6 heteroatoms. The smallest absolute Gasteiger partial charge is 0.326 e. The number of aryl methyl sites for hydroxylation is 1. The first-order valence-corrected chi connectivity index (χ1v) is 6.08. The van der Waals surface area contributed by atoms with Gasteiger partial charge in [0.2, 0.25) is 5.91 Å². The molecule has 1 atom stereocenters. The summed E-state index contributed by atoms with van der Waals surface area (Å²) < 4.78 is 1.65. The fourth-order valence-corrected chi connectivity index (χ4v) is 1.72. The maximum absolute atomic E-state index is 11.7. The van der Waals surface area contributed by atoms with Crippen LogP contribution in [-0.2, 0) is 16.1 Å². The number of hydrogen-bond acceptors (Lipinski definition) is 3. The maximum Gasteiger partial charge on any atom is 0.326 e. The number of hydrogen-bond donors (Lipinski definition) is 2. The van der Waals surface area contributed by atoms with Gasteiger partial charge in [-0.25, -0.2) is 4.79 Å². The lowest BCUT2D eigenvalue weighted by molar-refractivity contribution is -0.143. The lowest BCUT2D eigenvalue weighted by Crippen LogP contribution is -2.44. The molecule has 1 heterocycles. The Morgan fingerprint density at radius 2 is 2.16 bits per heavy atom. The zero-order chi connectivity index (χ0) is 14.4. The Morgan fingerprint density at radius 1 is 1.47 bits per heavy atom. The van der Waals surface area contributed by atoms with Crippen molar-refractivity contribution in [2.45, 2.75) is 32.9 Å². The number of nitrogens with zero attached hydrogens (tertiary/aromatic N) is 1. The first kappa shape index (κ1) is 14.9. The molecule has 0 fully saturated rings. The number of carboxylic acid groups (broad SMARTS) is 1. The van der Waals surface area contributed by atoms with E-state index in [4.69, 9.17) is 5.11 Å². The van der Waals surface area contributed by atoms with E-state index in [0.29, 0.717) is 18.5 Å². The van der Waals surface area contributed by atoms with Crippen LogP contribution in [0.5, 0.6) is 0 Å². The molecule has 1 aromatic rings. The molecular formula is C13H18N2O4. The maximum atomic E-state index is 11.7. The lowest BCUT2D eigenvalue weighted by Gasteiger charge is -2.18. The van der Waals surface area contributed by atoms with Crippen LogP contribution in [0.15, 0.2) is 18.3 Å². The molecule has 0 spiro atoms. The monoisotopic (exact) mass is 266 g/mol. The fourth-order valence-electron chi connectivity index (χ4n) is 1.72. The van der Waals surface area contributed by atoms with E-state index in [-0.39, 0.29) is 18.2 Å². The van der Waals surface area contributed by atoms with E-state index in [9.17, 15) is 14.4 Å². The number of aromatic nitrogens is 1. The van der Waals surface area contributed by atoms with E-state index in [1.807, 2.05) is 0 Å². The van der Waals surface area contributed by atoms with Gasteiger partial charge in [-0.1, -0.05) is 13.8 Å². The molecule has 2 N–H and O–H groups in total. The molecule has 0 saturated carbocycles. The Labute approximate surface area is 111 Å². The van der Waals surface area contributed by atoms with Gasteiger partial charge in [0, 0.05) is 19.2 Å². The molecule has 0 radical (unpaired) electrons. The van der Waals surface area contributed by atoms with Crippen LogP contribution in [0, 0.1) is 5.92 Å². The third kappa shape index (κ3) is 4.24. The quantitative estimate of drug-likeness (QED) is 0.718. The van der Waals surface area contributed by atoms with Gasteiger partial charge < -0.3 is 15.0 Å². The first-order valence-electron chi connectivity index (χ1n) is 6.08. The molecule has 0 aromatic carbocycles. The molecule has 1 aromatic heterocycles. The SMILES string of the molecule is CC(C)C(NC(=O)CCn1cccc1C=O)C(=O)O. The van der Waals surface area contributed by atoms with E-state index >= 15 is 0 Å². The summed E-state index contributed by atoms with van der Waals surface area (Å²) in [4.78, 5) is 33.3. The van der Waals surface area contributed by atoms with Gasteiger partial charge in [-0.05, 0) is 18.1 Å². The summed E-state index contributed by atoms with van der Waals surface area (Å²) in [5, 5.41) is 11.4. The van der Waals surface area contributed by atoms with Crippen LogP contribution in [0.2, 0.25) is 0 Å². The highest BCUT2D eigenvalue weighted by Gasteiger charge is 2.23. The van der Waals surface area contributed by atoms with Gasteiger partial charge in [0.25, 0.3) is 0 Å². The topological polar surface area (TPSA) is 88.4 Å². The van der Waals surface area contributed by atoms with E-state index < -0.39 is 12.0 Å². The average Bonchev–Trinajstić information content (AvgIpc) is 2.79. The van der Waals surface area contributed by atoms with Crippen LogP contribution in [0.3, 0.4) is 0 Å². The van der Waals surface area contributed by atoms with Crippen molar-refractivity contribution in [1.82, 2.24) is 9.88 Å². The average molecular weight is 266 g/mol. The molecule has 1 rings (SSSR count). The van der Waals surface area contributed by atoms with Crippen LogP contribution >= 0.6 is 0 Å². The lowest BCUT2D eigenvalue weighted by atomic mass is 10.0. The minimum atomic E-state index is -1.04. The van der Waals surface area contributed by atoms with E-state index in [0.717, 1.165) is 0 Å². The second kappa shape index (κ2) is 6.72. The van der Waals surface area contributed by atoms with Crippen LogP contribution < -0.4 is 5.32 Å². The van der Waals surface area contributed by atoms with Gasteiger partial charge in [0.1, 0.15) is 6.04 Å². The highest BCUT2D eigenvalue weighted by atomic mass is 16.4. The molecule has 1 amide bonds. The zero-order valence-corrected chi connectivity index (χ0v) is 11.0. The molecule has 1 unspecified atom stereocenters. The zero-order valence-electron chi connectivity index (χ0n) is 11.0. The molecule has 0 saturated heterocycles. The predicted molar refractivity (Wildman–Crippen MR) is 68.8 cm³/mol. The normalized spacial score (nSPS) is 12.2. The predicted octanol–water partition coefficient (Wildman–Crippen LogP) is 0.916. The van der Waals surface area contributed by atoms with Crippen LogP contribution in [0.4, 0.5) is 0 Å². The van der Waals surface area contributed by atoms with Crippen molar-refractivity contribution in [2.75, 3.05) is 0 Å². The minimum absolute atomic E-state index is 0.131. The molecule has 0 bridgehead atoms. The van der Waals surface area contributed by atoms with Gasteiger partial charge in [0.15, 0.2) is 6.29 Å². The summed E-state index contributed by atoms with van der Waals surface area (Å²) in [5.74, 6) is -1.57. The largest absolute Gasteiger partial charge is 0.480 e. The number of nitrogens with one attached hydrogen (secondary N) is 1. The van der Waals surface area contributed by atoms with Crippen LogP contribution in [0.25, 0.3) is 0 Å². The first-order chi connectivity index (χ1) is 8.95. The highest BCUT2D eigenvalue weighted by Crippen LogP contribution is 2.04. The molecule has 0 aliphatic carbocycles. The van der Waals surface area contributed by atoms with Crippen molar-refractivity contribution in [3.63, 3.8) is 0 Å². The van der Waals surface area contributed by atoms with Gasteiger partial charge in [-0.2, -0.15) is 0 Å². The standard InChI is InChI=1S/C13H18N2O4/c1-9(2)12(13(18)19)14-11(17)5-7-15-6-3-4-10(15)8-16/h3-4,6,8-9,12H,5,7H2,1-2H3,(H,14,17)(H,18,19). The number of amides is 1. The second-order valence-corrected chi connectivity index (χ2v) is 4.62. The van der Waals surface area contributed by atoms with Gasteiger partial charge >= 0.3 is 5.97 Å². The Balaban J connectivity index is 2.52. The van der Waals surface area contributed by atoms with E-state index in [1.54, 1.807) is 36.7 Å². The number of aliphatic carboxylic acids is 1. The fraction of sp³-hybridized carbons (Fsp3) is 0.462. The van der Waals surface area contributed by atoms with Crippen molar-refractivity contribution >= 4 is 18.2 Å². The minimum Gasteiger partial charge on any atom is -0.480 e. The molecule has 104 valence electrons. The number of aldehydes is 1. The Hall–Kier alpha value is -2.11. The summed E-state index contributed by atoms with van der Waals surface area (Å²) in [7, 11) is 0. The Bertz CT molecular complexity index is 465. The van der Waals surface area contributed by atoms with Crippen molar-refractivity contribution in [1.29, 1.82) is 0 Å². The molecular weight excluding hydrogens is 248 g/mol. The van der Waals surface area contributed by atoms with E-state index in [2.05, 4.69) is 5.32 Å². The summed E-state index contributed by atoms with van der Waals surface area (Å²) >= 11 is 0. The van der Waals surface area contributed by atoms with Crippen molar-refractivity contribution in [3.8, 4) is 0 Å². The third-order valence-electron chi connectivity index (χ3n) is 2.81. The summed E-state index contributed by atoms with van der Waals surface area (Å²) in [6.07, 6.45) is 2.55. The van der Waals surface area contributed by atoms with Crippen LogP contribution in [0.1, 0.15) is 30.8 Å². The second-order valence-electron chi connectivity index (χ2n) is 4.62. The summed E-state index contributed by atoms with van der Waals surface area (Å²) in [5.41, 5.74) is 0.492. The van der Waals surface area contributed by atoms with E-state index in [1.165, 1.54) is 0 Å². The van der Waals surface area contributed by atoms with Crippen LogP contribution in [-0.4, -0.2) is 33.9 Å². The number of carboxylic acids is 1. The molecule has 0 aliphatic rings. The molecule has 19 heavy (non-hydrogen) atoms. The Kier molecular flexibility index (Phi) is 5.29. The van der Waals surface area contributed by atoms with Gasteiger partial charge in [-0.3, -0.25) is 9.59 Å². The van der Waals surface area contributed by atoms with Gasteiger partial charge in [-0.15, -0.1) is 0 Å². The summed E-state index contributed by atoms with van der Waals surface area (Å²) in [6.45, 7) is 3.81.